The molecule has 3 aromatic rings. The molecule has 2 aromatic carbocycles. The number of benzene rings is 2. The number of phenols is 1. The van der Waals surface area contributed by atoms with Gasteiger partial charge in [0.25, 0.3) is 0 Å². The second-order valence-electron chi connectivity index (χ2n) is 4.43. The monoisotopic (exact) mass is 285 g/mol. The summed E-state index contributed by atoms with van der Waals surface area (Å²) in [6, 6.07) is 10.5. The van der Waals surface area contributed by atoms with Gasteiger partial charge in [0.15, 0.2) is 0 Å². The summed E-state index contributed by atoms with van der Waals surface area (Å²) in [4.78, 5) is 1.40. The first-order valence-corrected chi connectivity index (χ1v) is 6.58. The summed E-state index contributed by atoms with van der Waals surface area (Å²) >= 11 is 0. The highest BCUT2D eigenvalue weighted by molar-refractivity contribution is 5.75. The van der Waals surface area contributed by atoms with Crippen molar-refractivity contribution in [3.63, 3.8) is 0 Å². The van der Waals surface area contributed by atoms with Gasteiger partial charge in [-0.1, -0.05) is 0 Å². The molecule has 0 aliphatic heterocycles. The van der Waals surface area contributed by atoms with Crippen molar-refractivity contribution in [3.05, 3.63) is 36.4 Å². The molecule has 0 amide bonds. The fourth-order valence-corrected chi connectivity index (χ4v) is 2.06. The van der Waals surface area contributed by atoms with Crippen LogP contribution in [0.3, 0.4) is 0 Å². The van der Waals surface area contributed by atoms with Gasteiger partial charge < -0.3 is 14.6 Å². The van der Waals surface area contributed by atoms with Crippen LogP contribution in [0.1, 0.15) is 6.92 Å². The van der Waals surface area contributed by atoms with Crippen LogP contribution in [-0.2, 0) is 0 Å². The lowest BCUT2D eigenvalue weighted by Crippen LogP contribution is -1.99. The molecule has 0 aliphatic carbocycles. The number of hydrogen-bond acceptors (Lipinski definition) is 5. The summed E-state index contributed by atoms with van der Waals surface area (Å²) in [6.07, 6.45) is 0. The zero-order valence-electron chi connectivity index (χ0n) is 11.8. The Labute approximate surface area is 121 Å². The third kappa shape index (κ3) is 2.47. The summed E-state index contributed by atoms with van der Waals surface area (Å²) in [5.74, 6) is 1.38. The number of aromatic hydroxyl groups is 1. The van der Waals surface area contributed by atoms with E-state index in [1.165, 1.54) is 10.9 Å². The van der Waals surface area contributed by atoms with E-state index in [1.807, 2.05) is 25.1 Å². The van der Waals surface area contributed by atoms with Crippen molar-refractivity contribution in [1.29, 1.82) is 0 Å². The van der Waals surface area contributed by atoms with Crippen molar-refractivity contribution in [2.24, 2.45) is 0 Å². The highest BCUT2D eigenvalue weighted by Gasteiger charge is 2.10. The van der Waals surface area contributed by atoms with E-state index < -0.39 is 0 Å². The largest absolute Gasteiger partial charge is 0.505 e. The van der Waals surface area contributed by atoms with Gasteiger partial charge in [-0.2, -0.15) is 0 Å². The highest BCUT2D eigenvalue weighted by atomic mass is 16.5. The lowest BCUT2D eigenvalue weighted by atomic mass is 10.3. The lowest BCUT2D eigenvalue weighted by molar-refractivity contribution is 0.340. The fourth-order valence-electron chi connectivity index (χ4n) is 2.06. The molecule has 0 bridgehead atoms. The minimum absolute atomic E-state index is 0.0553. The van der Waals surface area contributed by atoms with Crippen molar-refractivity contribution >= 4 is 11.0 Å². The van der Waals surface area contributed by atoms with Crippen molar-refractivity contribution < 1.29 is 14.6 Å². The Morgan fingerprint density at radius 1 is 1.05 bits per heavy atom. The van der Waals surface area contributed by atoms with E-state index in [-0.39, 0.29) is 5.75 Å². The smallest absolute Gasteiger partial charge is 0.146 e. The molecule has 1 heterocycles. The standard InChI is InChI=1S/C15H15N3O3/c1-3-21-11-4-6-12-13(8-11)17-18(16-12)14-7-5-10(20-2)9-15(14)19/h4-9,19H,3H2,1-2H3. The Morgan fingerprint density at radius 3 is 2.52 bits per heavy atom. The molecule has 0 saturated carbocycles. The number of methoxy groups -OCH3 is 1. The van der Waals surface area contributed by atoms with Crippen LogP contribution >= 0.6 is 0 Å². The molecule has 21 heavy (non-hydrogen) atoms. The molecular weight excluding hydrogens is 270 g/mol. The van der Waals surface area contributed by atoms with Gasteiger partial charge in [-0.15, -0.1) is 15.0 Å². The molecule has 6 nitrogen and oxygen atoms in total. The predicted octanol–water partition coefficient (Wildman–Crippen LogP) is 2.53. The molecule has 3 rings (SSSR count). The molecule has 0 radical (unpaired) electrons. The van der Waals surface area contributed by atoms with E-state index in [0.717, 1.165) is 11.3 Å². The van der Waals surface area contributed by atoms with E-state index in [0.29, 0.717) is 23.6 Å². The number of rotatable bonds is 4. The van der Waals surface area contributed by atoms with Gasteiger partial charge in [0.2, 0.25) is 0 Å². The van der Waals surface area contributed by atoms with Crippen LogP contribution in [-0.4, -0.2) is 33.8 Å². The number of hydrogen-bond donors (Lipinski definition) is 1. The third-order valence-corrected chi connectivity index (χ3v) is 3.06. The number of fused-ring (bicyclic) bond motifs is 1. The highest BCUT2D eigenvalue weighted by Crippen LogP contribution is 2.27. The Bertz CT molecular complexity index is 783. The van der Waals surface area contributed by atoms with E-state index >= 15 is 0 Å². The summed E-state index contributed by atoms with van der Waals surface area (Å²) in [5, 5.41) is 18.8. The summed E-state index contributed by atoms with van der Waals surface area (Å²) in [6.45, 7) is 2.52. The van der Waals surface area contributed by atoms with Crippen molar-refractivity contribution in [2.45, 2.75) is 6.92 Å². The molecule has 108 valence electrons. The van der Waals surface area contributed by atoms with Crippen LogP contribution in [0.5, 0.6) is 17.2 Å². The molecule has 1 N–H and O–H groups in total. The van der Waals surface area contributed by atoms with Gasteiger partial charge in [-0.25, -0.2) is 0 Å². The molecule has 6 heteroatoms. The molecule has 0 unspecified atom stereocenters. The molecule has 0 fully saturated rings. The maximum Gasteiger partial charge on any atom is 0.146 e. The Morgan fingerprint density at radius 2 is 1.81 bits per heavy atom. The minimum atomic E-state index is 0.0553. The topological polar surface area (TPSA) is 69.4 Å². The summed E-state index contributed by atoms with van der Waals surface area (Å²) in [7, 11) is 1.55. The predicted molar refractivity (Wildman–Crippen MR) is 78.3 cm³/mol. The molecule has 0 spiro atoms. The Balaban J connectivity index is 2.04. The molecule has 0 saturated heterocycles. The Kier molecular flexibility index (Phi) is 3.35. The maximum absolute atomic E-state index is 10.0. The van der Waals surface area contributed by atoms with Crippen molar-refractivity contribution in [2.75, 3.05) is 13.7 Å². The van der Waals surface area contributed by atoms with Gasteiger partial charge >= 0.3 is 0 Å². The lowest BCUT2D eigenvalue weighted by Gasteiger charge is -2.05. The van der Waals surface area contributed by atoms with E-state index in [4.69, 9.17) is 9.47 Å². The van der Waals surface area contributed by atoms with E-state index in [1.54, 1.807) is 19.2 Å². The number of phenolic OH excluding ortho intramolecular Hbond substituents is 1. The van der Waals surface area contributed by atoms with Gasteiger partial charge in [0.1, 0.15) is 34.0 Å². The molecule has 0 aliphatic rings. The first-order valence-electron chi connectivity index (χ1n) is 6.58. The molecule has 1 aromatic heterocycles. The maximum atomic E-state index is 10.0. The Hall–Kier alpha value is -2.76. The molecule has 0 atom stereocenters. The van der Waals surface area contributed by atoms with Gasteiger partial charge in [0, 0.05) is 12.1 Å². The van der Waals surface area contributed by atoms with Crippen LogP contribution < -0.4 is 9.47 Å². The van der Waals surface area contributed by atoms with Crippen LogP contribution in [0.2, 0.25) is 0 Å². The summed E-state index contributed by atoms with van der Waals surface area (Å²) in [5.41, 5.74) is 1.93. The molecular formula is C15H15N3O3. The van der Waals surface area contributed by atoms with Crippen LogP contribution in [0.4, 0.5) is 0 Å². The minimum Gasteiger partial charge on any atom is -0.505 e. The zero-order chi connectivity index (χ0) is 14.8. The van der Waals surface area contributed by atoms with E-state index in [2.05, 4.69) is 10.2 Å². The van der Waals surface area contributed by atoms with Crippen LogP contribution in [0, 0.1) is 0 Å². The normalized spacial score (nSPS) is 10.8. The van der Waals surface area contributed by atoms with Gasteiger partial charge in [0.05, 0.1) is 13.7 Å². The fraction of sp³-hybridized carbons (Fsp3) is 0.200. The van der Waals surface area contributed by atoms with Gasteiger partial charge in [-0.3, -0.25) is 0 Å². The summed E-state index contributed by atoms with van der Waals surface area (Å²) < 4.78 is 10.5. The quantitative estimate of drug-likeness (QED) is 0.797. The average Bonchev–Trinajstić information content (AvgIpc) is 2.90. The average molecular weight is 285 g/mol. The number of ether oxygens (including phenoxy) is 2. The second-order valence-corrected chi connectivity index (χ2v) is 4.43. The van der Waals surface area contributed by atoms with Crippen LogP contribution in [0.25, 0.3) is 16.7 Å². The van der Waals surface area contributed by atoms with Gasteiger partial charge in [-0.05, 0) is 31.2 Å². The zero-order valence-corrected chi connectivity index (χ0v) is 11.8. The van der Waals surface area contributed by atoms with E-state index in [9.17, 15) is 5.11 Å². The number of aromatic nitrogens is 3. The number of nitrogens with zero attached hydrogens (tertiary/aromatic N) is 3. The second kappa shape index (κ2) is 5.32. The van der Waals surface area contributed by atoms with Crippen molar-refractivity contribution in [1.82, 2.24) is 15.0 Å². The third-order valence-electron chi connectivity index (χ3n) is 3.06. The first-order chi connectivity index (χ1) is 10.2. The van der Waals surface area contributed by atoms with Crippen LogP contribution in [0.15, 0.2) is 36.4 Å². The van der Waals surface area contributed by atoms with Crippen molar-refractivity contribution in [3.8, 4) is 22.9 Å². The SMILES string of the molecule is CCOc1ccc2nn(-c3ccc(OC)cc3O)nc2c1. The first kappa shape index (κ1) is 13.2.